The number of hydrogen-bond donors (Lipinski definition) is 2. The maximum Gasteiger partial charge on any atom is 0.308 e. The molecule has 0 spiro atoms. The van der Waals surface area contributed by atoms with Crippen LogP contribution in [0, 0.1) is 23.7 Å². The fraction of sp³-hybridized carbons (Fsp3) is 0.870. The topological polar surface area (TPSA) is 177 Å². The van der Waals surface area contributed by atoms with Crippen LogP contribution in [0.3, 0.4) is 0 Å². The minimum Gasteiger partial charge on any atom is -0.462 e. The maximum absolute atomic E-state index is 14.5. The molecule has 62 heavy (non-hydrogen) atoms. The molecule has 0 bridgehead atoms. The van der Waals surface area contributed by atoms with E-state index in [1.165, 1.54) is 13.8 Å². The van der Waals surface area contributed by atoms with Gasteiger partial charge < -0.3 is 42.7 Å². The molecule has 2 aliphatic heterocycles. The Morgan fingerprint density at radius 3 is 1.82 bits per heavy atom. The van der Waals surface area contributed by atoms with Crippen LogP contribution in [0.2, 0.25) is 36.3 Å². The van der Waals surface area contributed by atoms with Gasteiger partial charge >= 0.3 is 17.9 Å². The largest absolute Gasteiger partial charge is 0.462 e. The van der Waals surface area contributed by atoms with Crippen LogP contribution in [-0.4, -0.2) is 137 Å². The first-order valence-corrected chi connectivity index (χ1v) is 28.5. The van der Waals surface area contributed by atoms with Gasteiger partial charge in [-0.3, -0.25) is 24.1 Å². The van der Waals surface area contributed by atoms with E-state index in [0.717, 1.165) is 36.3 Å². The lowest BCUT2D eigenvalue weighted by Gasteiger charge is -2.48. The standard InChI is InChI=1S/C46H85NO13Si2/c1-17-36-35(27-54-61(18-2,19-3)20-4)25-29(9)41(52)42(53)40(51)28(8)24-30(10)43(31(11)37(26-38(50)58-36)60-62(21-5,22-6)23-7)59-46-45(57-34(14)49)39(47(15)16)44(32(12)55-46)56-33(13)48/h25,28,30-32,35-37,39,41-46,52-53H,17-24,26-27H2,1-16H3/b29-25+/t28-,30+,31+,32?,35-,36-,37-,39?,41?,42?,43+,44?,45?,46?/m1/s1. The normalized spacial score (nSPS) is 34.6. The fourth-order valence-corrected chi connectivity index (χ4v) is 15.1. The minimum absolute atomic E-state index is 0.0766. The van der Waals surface area contributed by atoms with Crippen LogP contribution < -0.4 is 0 Å². The van der Waals surface area contributed by atoms with Crippen molar-refractivity contribution in [3.8, 4) is 0 Å². The van der Waals surface area contributed by atoms with Crippen molar-refractivity contribution >= 4 is 40.3 Å². The molecule has 2 rings (SSSR count). The van der Waals surface area contributed by atoms with E-state index in [0.29, 0.717) is 12.0 Å². The monoisotopic (exact) mass is 916 g/mol. The van der Waals surface area contributed by atoms with Gasteiger partial charge in [0.1, 0.15) is 24.4 Å². The van der Waals surface area contributed by atoms with Crippen molar-refractivity contribution in [2.24, 2.45) is 23.7 Å². The number of carbonyl (C=O) groups excluding carboxylic acids is 4. The predicted molar refractivity (Wildman–Crippen MR) is 244 cm³/mol. The molecule has 0 aliphatic carbocycles. The van der Waals surface area contributed by atoms with Crippen molar-refractivity contribution in [1.82, 2.24) is 4.90 Å². The number of rotatable bonds is 17. The third kappa shape index (κ3) is 14.7. The number of aliphatic hydroxyl groups excluding tert-OH is 2. The van der Waals surface area contributed by atoms with E-state index in [1.54, 1.807) is 34.9 Å². The first kappa shape index (κ1) is 56.1. The molecule has 2 heterocycles. The molecule has 7 unspecified atom stereocenters. The summed E-state index contributed by atoms with van der Waals surface area (Å²) < 4.78 is 45.6. The summed E-state index contributed by atoms with van der Waals surface area (Å²) in [6.45, 7) is 26.7. The van der Waals surface area contributed by atoms with Gasteiger partial charge in [-0.2, -0.15) is 0 Å². The van der Waals surface area contributed by atoms with E-state index in [9.17, 15) is 29.4 Å². The molecule has 16 heteroatoms. The molecule has 360 valence electrons. The van der Waals surface area contributed by atoms with Gasteiger partial charge in [0.05, 0.1) is 30.8 Å². The number of hydrogen-bond acceptors (Lipinski definition) is 14. The molecule has 0 radical (unpaired) electrons. The molecule has 0 saturated carbocycles. The summed E-state index contributed by atoms with van der Waals surface area (Å²) in [5.74, 6) is -4.18. The number of carbonyl (C=O) groups is 4. The zero-order valence-corrected chi connectivity index (χ0v) is 43.1. The minimum atomic E-state index is -2.39. The van der Waals surface area contributed by atoms with E-state index in [4.69, 9.17) is 32.5 Å². The number of nitrogens with zero attached hydrogens (tertiary/aromatic N) is 1. The molecule has 1 fully saturated rings. The third-order valence-corrected chi connectivity index (χ3v) is 23.3. The van der Waals surface area contributed by atoms with E-state index in [1.807, 2.05) is 31.7 Å². The average molecular weight is 916 g/mol. The van der Waals surface area contributed by atoms with Crippen LogP contribution in [0.5, 0.6) is 0 Å². The quantitative estimate of drug-likeness (QED) is 0.0648. The Kier molecular flexibility index (Phi) is 23.2. The molecular weight excluding hydrogens is 831 g/mol. The summed E-state index contributed by atoms with van der Waals surface area (Å²) in [6.07, 6.45) is -6.56. The van der Waals surface area contributed by atoms with Gasteiger partial charge in [-0.25, -0.2) is 0 Å². The van der Waals surface area contributed by atoms with Gasteiger partial charge in [-0.15, -0.1) is 0 Å². The molecular formula is C46H85NO13Si2. The second kappa shape index (κ2) is 25.6. The van der Waals surface area contributed by atoms with Crippen LogP contribution in [0.1, 0.15) is 116 Å². The van der Waals surface area contributed by atoms with Gasteiger partial charge in [0.15, 0.2) is 34.8 Å². The summed E-state index contributed by atoms with van der Waals surface area (Å²) >= 11 is 0. The van der Waals surface area contributed by atoms with Crippen LogP contribution in [0.4, 0.5) is 0 Å². The van der Waals surface area contributed by atoms with E-state index < -0.39 is 125 Å². The van der Waals surface area contributed by atoms with Gasteiger partial charge in [0.25, 0.3) is 0 Å². The molecule has 0 aromatic heterocycles. The first-order chi connectivity index (χ1) is 29.0. The highest BCUT2D eigenvalue weighted by atomic mass is 28.4. The van der Waals surface area contributed by atoms with Crippen LogP contribution >= 0.6 is 0 Å². The molecule has 14 nitrogen and oxygen atoms in total. The predicted octanol–water partition coefficient (Wildman–Crippen LogP) is 7.20. The second-order valence-corrected chi connectivity index (χ2v) is 27.8. The highest BCUT2D eigenvalue weighted by molar-refractivity contribution is 6.74. The van der Waals surface area contributed by atoms with Crippen LogP contribution in [0.25, 0.3) is 0 Å². The lowest BCUT2D eigenvalue weighted by atomic mass is 9.81. The zero-order chi connectivity index (χ0) is 47.3. The summed E-state index contributed by atoms with van der Waals surface area (Å²) in [5, 5.41) is 22.9. The second-order valence-electron chi connectivity index (χ2n) is 18.3. The smallest absolute Gasteiger partial charge is 0.308 e. The summed E-state index contributed by atoms with van der Waals surface area (Å²) in [4.78, 5) is 55.3. The number of ketones is 1. The Hall–Kier alpha value is -2.03. The number of Topliss-reactive ketones (excluding diaryl/α,β-unsaturated/α-hetero) is 1. The fourth-order valence-electron chi connectivity index (χ4n) is 9.55. The number of esters is 3. The van der Waals surface area contributed by atoms with Crippen molar-refractivity contribution in [3.63, 3.8) is 0 Å². The van der Waals surface area contributed by atoms with E-state index in [-0.39, 0.29) is 19.4 Å². The first-order valence-electron chi connectivity index (χ1n) is 23.4. The summed E-state index contributed by atoms with van der Waals surface area (Å²) in [5.41, 5.74) is 0.390. The molecule has 0 aromatic rings. The van der Waals surface area contributed by atoms with Crippen molar-refractivity contribution in [3.05, 3.63) is 11.6 Å². The van der Waals surface area contributed by atoms with Gasteiger partial charge in [0.2, 0.25) is 0 Å². The van der Waals surface area contributed by atoms with Crippen LogP contribution in [0.15, 0.2) is 11.6 Å². The SMILES string of the molecule is CC[C@H]1OC(=O)C[C@@H](O[Si](CC)(CC)CC)[C@H](C)[C@@H](OC2OC(C)C(OC(C)=O)C(N(C)C)C2OC(C)=O)[C@@H](C)C[C@@H](C)C(=O)C(O)C(O)/C(C)=C/[C@@H]1CO[Si](CC)(CC)CC. The molecule has 0 amide bonds. The Labute approximate surface area is 375 Å². The Morgan fingerprint density at radius 1 is 0.806 bits per heavy atom. The lowest BCUT2D eigenvalue weighted by molar-refractivity contribution is -0.307. The number of aliphatic hydroxyl groups is 2. The Bertz CT molecular complexity index is 1440. The van der Waals surface area contributed by atoms with Crippen molar-refractivity contribution in [1.29, 1.82) is 0 Å². The lowest BCUT2D eigenvalue weighted by Crippen LogP contribution is -2.65. The molecule has 2 N–H and O–H groups in total. The third-order valence-electron chi connectivity index (χ3n) is 14.0. The van der Waals surface area contributed by atoms with Gasteiger partial charge in [0, 0.05) is 38.2 Å². The molecule has 14 atom stereocenters. The van der Waals surface area contributed by atoms with Crippen molar-refractivity contribution in [2.45, 2.75) is 214 Å². The Balaban J connectivity index is 2.86. The zero-order valence-electron chi connectivity index (χ0n) is 41.1. The number of ether oxygens (including phenoxy) is 5. The molecule has 2 aliphatic rings. The number of likely N-dealkylation sites (N-methyl/N-ethyl adjacent to an activating group) is 1. The number of cyclic esters (lactones) is 1. The van der Waals surface area contributed by atoms with Crippen molar-refractivity contribution in [2.75, 3.05) is 20.7 Å². The Morgan fingerprint density at radius 2 is 1.34 bits per heavy atom. The molecule has 0 aromatic carbocycles. The average Bonchev–Trinajstić information content (AvgIpc) is 3.23. The van der Waals surface area contributed by atoms with E-state index in [2.05, 4.69) is 41.5 Å². The molecule has 1 saturated heterocycles. The highest BCUT2D eigenvalue weighted by Gasteiger charge is 2.52. The van der Waals surface area contributed by atoms with Crippen molar-refractivity contribution < 1.29 is 61.9 Å². The van der Waals surface area contributed by atoms with Gasteiger partial charge in [-0.05, 0) is 88.5 Å². The van der Waals surface area contributed by atoms with E-state index >= 15 is 0 Å². The summed E-state index contributed by atoms with van der Waals surface area (Å²) in [7, 11) is -0.894. The van der Waals surface area contributed by atoms with Gasteiger partial charge in [-0.1, -0.05) is 75.3 Å². The van der Waals surface area contributed by atoms with Crippen LogP contribution in [-0.2, 0) is 51.7 Å². The maximum atomic E-state index is 14.5. The highest BCUT2D eigenvalue weighted by Crippen LogP contribution is 2.38. The summed E-state index contributed by atoms with van der Waals surface area (Å²) in [6, 6.07) is 4.58.